The van der Waals surface area contributed by atoms with Gasteiger partial charge in [-0.25, -0.2) is 0 Å². The monoisotopic (exact) mass is 254 g/mol. The Bertz CT molecular complexity index is 487. The second-order valence-corrected chi connectivity index (χ2v) is 3.75. The van der Waals surface area contributed by atoms with Gasteiger partial charge in [-0.3, -0.25) is 0 Å². The van der Waals surface area contributed by atoms with Gasteiger partial charge in [0.15, 0.2) is 11.3 Å². The molecule has 0 spiro atoms. The summed E-state index contributed by atoms with van der Waals surface area (Å²) in [5, 5.41) is 10.5. The van der Waals surface area contributed by atoms with Gasteiger partial charge in [0, 0.05) is 21.8 Å². The van der Waals surface area contributed by atoms with Crippen molar-refractivity contribution in [2.45, 2.75) is 6.42 Å². The quantitative estimate of drug-likeness (QED) is 0.839. The maximum atomic E-state index is 10.4. The van der Waals surface area contributed by atoms with Crippen molar-refractivity contribution in [1.82, 2.24) is 0 Å². The van der Waals surface area contributed by atoms with Crippen molar-refractivity contribution in [2.75, 3.05) is 0 Å². The van der Waals surface area contributed by atoms with Crippen molar-refractivity contribution < 1.29 is 14.3 Å². The number of rotatable bonds is 2. The van der Waals surface area contributed by atoms with Crippen LogP contribution in [-0.2, 0) is 11.2 Å². The summed E-state index contributed by atoms with van der Waals surface area (Å²) in [6.07, 6.45) is 2.43. The Labute approximate surface area is 88.5 Å². The molecule has 72 valence electrons. The molecule has 2 rings (SSSR count). The topological polar surface area (TPSA) is 50.4 Å². The van der Waals surface area contributed by atoms with E-state index in [0.29, 0.717) is 11.1 Å². The van der Waals surface area contributed by atoms with Crippen LogP contribution in [0.1, 0.15) is 5.56 Å². The van der Waals surface area contributed by atoms with E-state index in [0.717, 1.165) is 16.1 Å². The summed E-state index contributed by atoms with van der Waals surface area (Å²) in [5.41, 5.74) is 0.977. The summed E-state index contributed by atoms with van der Waals surface area (Å²) >= 11 is 3.34. The Kier molecular flexibility index (Phi) is 2.29. The van der Waals surface area contributed by atoms with Crippen LogP contribution in [0.15, 0.2) is 27.3 Å². The van der Waals surface area contributed by atoms with E-state index in [1.165, 1.54) is 6.26 Å². The summed E-state index contributed by atoms with van der Waals surface area (Å²) in [4.78, 5) is 10.4. The Morgan fingerprint density at radius 1 is 1.57 bits per heavy atom. The number of phenols is 1. The largest absolute Gasteiger partial charge is 0.504 e. The molecular formula is C10H7BrO3. The number of phenolic OH excluding ortho intramolecular Hbond substituents is 1. The molecular weight excluding hydrogens is 248 g/mol. The first-order chi connectivity index (χ1) is 6.74. The smallest absolute Gasteiger partial charge is 0.176 e. The summed E-state index contributed by atoms with van der Waals surface area (Å²) in [6.45, 7) is 0. The van der Waals surface area contributed by atoms with Crippen LogP contribution < -0.4 is 0 Å². The molecule has 0 atom stereocenters. The number of hydrogen-bond acceptors (Lipinski definition) is 3. The van der Waals surface area contributed by atoms with Crippen LogP contribution in [0.5, 0.6) is 5.75 Å². The number of furan rings is 1. The van der Waals surface area contributed by atoms with Gasteiger partial charge in [-0.1, -0.05) is 15.9 Å². The molecule has 4 heteroatoms. The fourth-order valence-electron chi connectivity index (χ4n) is 1.37. The Hall–Kier alpha value is -1.29. The minimum absolute atomic E-state index is 0.0419. The predicted octanol–water partition coefficient (Wildman–Crippen LogP) is 2.64. The molecule has 0 aliphatic rings. The highest BCUT2D eigenvalue weighted by Crippen LogP contribution is 2.35. The Morgan fingerprint density at radius 3 is 3.07 bits per heavy atom. The van der Waals surface area contributed by atoms with E-state index in [-0.39, 0.29) is 12.2 Å². The summed E-state index contributed by atoms with van der Waals surface area (Å²) < 4.78 is 5.94. The zero-order chi connectivity index (χ0) is 10.1. The van der Waals surface area contributed by atoms with Gasteiger partial charge in [-0.15, -0.1) is 0 Å². The van der Waals surface area contributed by atoms with E-state index in [4.69, 9.17) is 4.42 Å². The third-order valence-corrected chi connectivity index (χ3v) is 2.70. The highest BCUT2D eigenvalue weighted by atomic mass is 79.9. The van der Waals surface area contributed by atoms with Gasteiger partial charge in [-0.05, 0) is 12.1 Å². The second-order valence-electron chi connectivity index (χ2n) is 2.90. The molecule has 0 saturated carbocycles. The van der Waals surface area contributed by atoms with Gasteiger partial charge in [0.05, 0.1) is 6.26 Å². The van der Waals surface area contributed by atoms with E-state index in [1.807, 2.05) is 0 Å². The van der Waals surface area contributed by atoms with Crippen LogP contribution in [0.25, 0.3) is 11.0 Å². The fourth-order valence-corrected chi connectivity index (χ4v) is 1.96. The molecule has 3 nitrogen and oxygen atoms in total. The van der Waals surface area contributed by atoms with Crippen LogP contribution in [0.2, 0.25) is 0 Å². The van der Waals surface area contributed by atoms with Gasteiger partial charge in [-0.2, -0.15) is 0 Å². The first-order valence-corrected chi connectivity index (χ1v) is 4.84. The van der Waals surface area contributed by atoms with Crippen LogP contribution in [0.4, 0.5) is 0 Å². The van der Waals surface area contributed by atoms with Crippen molar-refractivity contribution in [1.29, 1.82) is 0 Å². The van der Waals surface area contributed by atoms with Gasteiger partial charge in [0.25, 0.3) is 0 Å². The zero-order valence-electron chi connectivity index (χ0n) is 7.16. The molecule has 0 bridgehead atoms. The molecule has 1 N–H and O–H groups in total. The molecule has 0 fully saturated rings. The average Bonchev–Trinajstić information content (AvgIpc) is 2.63. The standard InChI is InChI=1S/C10H7BrO3/c11-8-5-6(1-3-12)9(13)10-7(8)2-4-14-10/h2-5,13H,1H2. The van der Waals surface area contributed by atoms with Crippen molar-refractivity contribution in [3.63, 3.8) is 0 Å². The molecule has 1 aromatic heterocycles. The average molecular weight is 255 g/mol. The highest BCUT2D eigenvalue weighted by Gasteiger charge is 2.12. The maximum Gasteiger partial charge on any atom is 0.176 e. The van der Waals surface area contributed by atoms with E-state index >= 15 is 0 Å². The summed E-state index contributed by atoms with van der Waals surface area (Å²) in [6, 6.07) is 3.48. The van der Waals surface area contributed by atoms with E-state index < -0.39 is 0 Å². The summed E-state index contributed by atoms with van der Waals surface area (Å²) in [7, 11) is 0. The van der Waals surface area contributed by atoms with Crippen LogP contribution in [0.3, 0.4) is 0 Å². The third-order valence-electron chi connectivity index (χ3n) is 2.05. The van der Waals surface area contributed by atoms with Gasteiger partial charge >= 0.3 is 0 Å². The fraction of sp³-hybridized carbons (Fsp3) is 0.100. The lowest BCUT2D eigenvalue weighted by Crippen LogP contribution is -1.87. The molecule has 0 amide bonds. The van der Waals surface area contributed by atoms with Gasteiger partial charge in [0.2, 0.25) is 0 Å². The molecule has 0 unspecified atom stereocenters. The SMILES string of the molecule is O=CCc1cc(Br)c2ccoc2c1O. The van der Waals surface area contributed by atoms with E-state index in [2.05, 4.69) is 15.9 Å². The van der Waals surface area contributed by atoms with Gasteiger partial charge < -0.3 is 14.3 Å². The minimum Gasteiger partial charge on any atom is -0.504 e. The van der Waals surface area contributed by atoms with Gasteiger partial charge in [0.1, 0.15) is 6.29 Å². The van der Waals surface area contributed by atoms with Crippen molar-refractivity contribution in [3.05, 3.63) is 28.4 Å². The van der Waals surface area contributed by atoms with Crippen molar-refractivity contribution >= 4 is 33.2 Å². The first-order valence-electron chi connectivity index (χ1n) is 4.05. The third kappa shape index (κ3) is 1.32. The number of halogens is 1. The number of aromatic hydroxyl groups is 1. The normalized spacial score (nSPS) is 10.6. The van der Waals surface area contributed by atoms with Crippen molar-refractivity contribution in [3.8, 4) is 5.75 Å². The lowest BCUT2D eigenvalue weighted by molar-refractivity contribution is -0.107. The number of hydrogen-bond donors (Lipinski definition) is 1. The van der Waals surface area contributed by atoms with E-state index in [1.54, 1.807) is 12.1 Å². The number of benzene rings is 1. The Morgan fingerprint density at radius 2 is 2.36 bits per heavy atom. The van der Waals surface area contributed by atoms with E-state index in [9.17, 15) is 9.90 Å². The zero-order valence-corrected chi connectivity index (χ0v) is 8.74. The number of carbonyl (C=O) groups excluding carboxylic acids is 1. The number of aldehydes is 1. The number of carbonyl (C=O) groups is 1. The molecule has 2 aromatic rings. The predicted molar refractivity (Wildman–Crippen MR) is 55.3 cm³/mol. The molecule has 1 heterocycles. The van der Waals surface area contributed by atoms with Crippen molar-refractivity contribution in [2.24, 2.45) is 0 Å². The van der Waals surface area contributed by atoms with Crippen LogP contribution in [0, 0.1) is 0 Å². The lowest BCUT2D eigenvalue weighted by atomic mass is 10.1. The van der Waals surface area contributed by atoms with Crippen LogP contribution >= 0.6 is 15.9 Å². The maximum absolute atomic E-state index is 10.4. The molecule has 1 aromatic carbocycles. The molecule has 14 heavy (non-hydrogen) atoms. The minimum atomic E-state index is 0.0419. The Balaban J connectivity index is 2.74. The highest BCUT2D eigenvalue weighted by molar-refractivity contribution is 9.10. The molecule has 0 aliphatic carbocycles. The van der Waals surface area contributed by atoms with Crippen LogP contribution in [-0.4, -0.2) is 11.4 Å². The lowest BCUT2D eigenvalue weighted by Gasteiger charge is -2.02. The molecule has 0 radical (unpaired) electrons. The molecule has 0 aliphatic heterocycles. The second kappa shape index (κ2) is 3.46. The first kappa shape index (κ1) is 9.27. The number of fused-ring (bicyclic) bond motifs is 1. The molecule has 0 saturated heterocycles. The summed E-state index contributed by atoms with van der Waals surface area (Å²) in [5.74, 6) is 0.0419.